The van der Waals surface area contributed by atoms with Gasteiger partial charge < -0.3 is 19.1 Å². The molecule has 3 aromatic rings. The number of hydrogen-bond donors (Lipinski definition) is 0. The monoisotopic (exact) mass is 379 g/mol. The van der Waals surface area contributed by atoms with Crippen LogP contribution in [0.2, 0.25) is 0 Å². The van der Waals surface area contributed by atoms with Crippen LogP contribution in [0, 0.1) is 0 Å². The summed E-state index contributed by atoms with van der Waals surface area (Å²) in [7, 11) is 5.07. The van der Waals surface area contributed by atoms with E-state index in [9.17, 15) is 4.79 Å². The molecule has 0 heterocycles. The summed E-state index contributed by atoms with van der Waals surface area (Å²) in [6, 6.07) is 17.7. The molecule has 0 saturated carbocycles. The highest BCUT2D eigenvalue weighted by Gasteiger charge is 2.13. The molecule has 0 aliphatic rings. The minimum Gasteiger partial charge on any atom is -0.496 e. The van der Waals surface area contributed by atoms with Gasteiger partial charge in [0.2, 0.25) is 0 Å². The molecule has 0 aliphatic heterocycles. The van der Waals surface area contributed by atoms with E-state index in [-0.39, 0.29) is 12.5 Å². The molecule has 0 aromatic heterocycles. The Hall–Kier alpha value is -3.21. The fraction of sp³-hybridized carbons (Fsp3) is 0.261. The average molecular weight is 379 g/mol. The highest BCUT2D eigenvalue weighted by Crippen LogP contribution is 2.39. The number of likely N-dealkylation sites (N-methyl/N-ethyl adjacent to an activating group) is 1. The molecule has 0 radical (unpaired) electrons. The molecule has 146 valence electrons. The van der Waals surface area contributed by atoms with Crippen molar-refractivity contribution in [3.8, 4) is 28.4 Å². The number of carbonyl (C=O) groups excluding carboxylic acids is 1. The van der Waals surface area contributed by atoms with Gasteiger partial charge in [-0.15, -0.1) is 0 Å². The maximum atomic E-state index is 11.9. The summed E-state index contributed by atoms with van der Waals surface area (Å²) >= 11 is 0. The van der Waals surface area contributed by atoms with Crippen LogP contribution in [0.25, 0.3) is 21.9 Å². The van der Waals surface area contributed by atoms with Crippen LogP contribution < -0.4 is 14.2 Å². The van der Waals surface area contributed by atoms with Crippen molar-refractivity contribution in [2.24, 2.45) is 0 Å². The van der Waals surface area contributed by atoms with E-state index in [0.717, 1.165) is 33.4 Å². The molecule has 0 spiro atoms. The van der Waals surface area contributed by atoms with Gasteiger partial charge in [-0.25, -0.2) is 0 Å². The van der Waals surface area contributed by atoms with E-state index < -0.39 is 0 Å². The van der Waals surface area contributed by atoms with Gasteiger partial charge in [-0.05, 0) is 53.6 Å². The van der Waals surface area contributed by atoms with Crippen molar-refractivity contribution in [1.29, 1.82) is 0 Å². The number of fused-ring (bicyclic) bond motifs is 1. The van der Waals surface area contributed by atoms with Crippen LogP contribution >= 0.6 is 0 Å². The van der Waals surface area contributed by atoms with Crippen LogP contribution in [0.5, 0.6) is 17.2 Å². The van der Waals surface area contributed by atoms with Gasteiger partial charge in [-0.3, -0.25) is 4.79 Å². The Kier molecular flexibility index (Phi) is 6.04. The Balaban J connectivity index is 1.89. The highest BCUT2D eigenvalue weighted by molar-refractivity contribution is 5.90. The summed E-state index contributed by atoms with van der Waals surface area (Å²) in [4.78, 5) is 13.5. The summed E-state index contributed by atoms with van der Waals surface area (Å²) in [5, 5.41) is 2.10. The number of carbonyl (C=O) groups is 1. The number of nitrogens with zero attached hydrogens (tertiary/aromatic N) is 1. The Bertz CT molecular complexity index is 961. The largest absolute Gasteiger partial charge is 0.496 e. The van der Waals surface area contributed by atoms with Gasteiger partial charge in [0.05, 0.1) is 19.8 Å². The van der Waals surface area contributed by atoms with E-state index >= 15 is 0 Å². The van der Waals surface area contributed by atoms with Crippen molar-refractivity contribution in [1.82, 2.24) is 4.90 Å². The topological polar surface area (TPSA) is 48.0 Å². The lowest BCUT2D eigenvalue weighted by Gasteiger charge is -2.15. The molecule has 0 unspecified atom stereocenters. The lowest BCUT2D eigenvalue weighted by atomic mass is 9.99. The van der Waals surface area contributed by atoms with Gasteiger partial charge in [-0.2, -0.15) is 0 Å². The fourth-order valence-corrected chi connectivity index (χ4v) is 3.04. The molecule has 0 fully saturated rings. The zero-order chi connectivity index (χ0) is 20.1. The molecule has 0 aliphatic carbocycles. The van der Waals surface area contributed by atoms with E-state index in [2.05, 4.69) is 6.07 Å². The first-order valence-corrected chi connectivity index (χ1v) is 9.19. The van der Waals surface area contributed by atoms with Crippen LogP contribution in [-0.2, 0) is 4.79 Å². The molecule has 28 heavy (non-hydrogen) atoms. The lowest BCUT2D eigenvalue weighted by molar-refractivity contribution is -0.131. The SMILES string of the molecule is CCN(C)C(=O)COc1ccc2cc(-c3c(OC)cccc3OC)ccc2c1. The Morgan fingerprint density at radius 1 is 0.929 bits per heavy atom. The van der Waals surface area contributed by atoms with Crippen molar-refractivity contribution in [2.75, 3.05) is 34.4 Å². The minimum atomic E-state index is -0.0405. The lowest BCUT2D eigenvalue weighted by Crippen LogP contribution is -2.31. The molecule has 5 heteroatoms. The third-order valence-corrected chi connectivity index (χ3v) is 4.79. The first-order chi connectivity index (χ1) is 13.6. The van der Waals surface area contributed by atoms with Crippen molar-refractivity contribution >= 4 is 16.7 Å². The highest BCUT2D eigenvalue weighted by atomic mass is 16.5. The van der Waals surface area contributed by atoms with E-state index in [0.29, 0.717) is 12.3 Å². The van der Waals surface area contributed by atoms with Gasteiger partial charge in [0.15, 0.2) is 6.61 Å². The minimum absolute atomic E-state index is 0.0341. The first kappa shape index (κ1) is 19.5. The number of hydrogen-bond acceptors (Lipinski definition) is 4. The third kappa shape index (κ3) is 4.03. The van der Waals surface area contributed by atoms with E-state index in [1.165, 1.54) is 0 Å². The van der Waals surface area contributed by atoms with E-state index in [1.54, 1.807) is 26.2 Å². The zero-order valence-corrected chi connectivity index (χ0v) is 16.7. The van der Waals surface area contributed by atoms with Crippen molar-refractivity contribution in [3.63, 3.8) is 0 Å². The van der Waals surface area contributed by atoms with Crippen LogP contribution in [0.15, 0.2) is 54.6 Å². The second kappa shape index (κ2) is 8.65. The number of methoxy groups -OCH3 is 2. The Morgan fingerprint density at radius 3 is 2.21 bits per heavy atom. The fourth-order valence-electron chi connectivity index (χ4n) is 3.04. The van der Waals surface area contributed by atoms with Crippen molar-refractivity contribution in [2.45, 2.75) is 6.92 Å². The standard InChI is InChI=1S/C23H25NO4/c1-5-24(2)22(25)15-28-19-12-11-16-13-18(10-9-17(16)14-19)23-20(26-3)7-6-8-21(23)27-4/h6-14H,5,15H2,1-4H3. The second-order valence-corrected chi connectivity index (χ2v) is 6.46. The van der Waals surface area contributed by atoms with Crippen molar-refractivity contribution < 1.29 is 19.0 Å². The maximum Gasteiger partial charge on any atom is 0.260 e. The average Bonchev–Trinajstić information content (AvgIpc) is 2.75. The number of rotatable bonds is 7. The maximum absolute atomic E-state index is 11.9. The second-order valence-electron chi connectivity index (χ2n) is 6.46. The van der Waals surface area contributed by atoms with Crippen LogP contribution in [0.4, 0.5) is 0 Å². The molecular formula is C23H25NO4. The van der Waals surface area contributed by atoms with Gasteiger partial charge >= 0.3 is 0 Å². The molecule has 0 atom stereocenters. The van der Waals surface area contributed by atoms with Crippen LogP contribution in [0.3, 0.4) is 0 Å². The van der Waals surface area contributed by atoms with Crippen molar-refractivity contribution in [3.05, 3.63) is 54.6 Å². The predicted molar refractivity (Wildman–Crippen MR) is 111 cm³/mol. The first-order valence-electron chi connectivity index (χ1n) is 9.19. The molecule has 5 nitrogen and oxygen atoms in total. The van der Waals surface area contributed by atoms with Gasteiger partial charge in [0.25, 0.3) is 5.91 Å². The molecule has 0 N–H and O–H groups in total. The summed E-state index contributed by atoms with van der Waals surface area (Å²) in [6.07, 6.45) is 0. The molecule has 3 aromatic carbocycles. The van der Waals surface area contributed by atoms with E-state index in [1.807, 2.05) is 55.5 Å². The summed E-state index contributed by atoms with van der Waals surface area (Å²) in [5.41, 5.74) is 1.93. The summed E-state index contributed by atoms with van der Waals surface area (Å²) < 4.78 is 16.7. The normalized spacial score (nSPS) is 10.6. The van der Waals surface area contributed by atoms with E-state index in [4.69, 9.17) is 14.2 Å². The predicted octanol–water partition coefficient (Wildman–Crippen LogP) is 4.38. The number of amides is 1. The molecule has 1 amide bonds. The van der Waals surface area contributed by atoms with Gasteiger partial charge in [0.1, 0.15) is 17.2 Å². The van der Waals surface area contributed by atoms with Gasteiger partial charge in [-0.1, -0.05) is 24.3 Å². The van der Waals surface area contributed by atoms with Gasteiger partial charge in [0, 0.05) is 13.6 Å². The van der Waals surface area contributed by atoms with Crippen LogP contribution in [0.1, 0.15) is 6.92 Å². The number of benzene rings is 3. The number of ether oxygens (including phenoxy) is 3. The zero-order valence-electron chi connectivity index (χ0n) is 16.7. The molecule has 0 saturated heterocycles. The summed E-state index contributed by atoms with van der Waals surface area (Å²) in [5.74, 6) is 2.16. The molecule has 0 bridgehead atoms. The van der Waals surface area contributed by atoms with Crippen LogP contribution in [-0.4, -0.2) is 45.2 Å². The Morgan fingerprint density at radius 2 is 1.57 bits per heavy atom. The third-order valence-electron chi connectivity index (χ3n) is 4.79. The molecule has 3 rings (SSSR count). The quantitative estimate of drug-likeness (QED) is 0.611. The summed E-state index contributed by atoms with van der Waals surface area (Å²) in [6.45, 7) is 2.63. The Labute approximate surface area is 165 Å². The molecular weight excluding hydrogens is 354 g/mol. The smallest absolute Gasteiger partial charge is 0.260 e.